The molecule has 4 nitrogen and oxygen atoms in total. The fraction of sp³-hybridized carbons (Fsp3) is 0.462. The number of aliphatic hydroxyl groups excluding tert-OH is 2. The maximum atomic E-state index is 12.1. The van der Waals surface area contributed by atoms with Gasteiger partial charge in [-0.2, -0.15) is 0 Å². The molecule has 1 aromatic rings. The largest absolute Gasteiger partial charge is 0.396 e. The molecule has 1 aromatic heterocycles. The molecule has 2 N–H and O–H groups in total. The van der Waals surface area contributed by atoms with E-state index in [1.165, 1.54) is 11.3 Å². The molecule has 1 amide bonds. The fourth-order valence-corrected chi connectivity index (χ4v) is 2.24. The Morgan fingerprint density at radius 1 is 1.50 bits per heavy atom. The first-order chi connectivity index (χ1) is 8.72. The molecule has 0 bridgehead atoms. The SMILES string of the molecule is CCN(CCCO)C(=O)c1csc(C#CCO)c1. The quantitative estimate of drug-likeness (QED) is 0.780. The molecule has 0 fully saturated rings. The highest BCUT2D eigenvalue weighted by atomic mass is 32.1. The standard InChI is InChI=1S/C13H17NO3S/c1-2-14(6-4-8-16)13(17)11-9-12(18-10-11)5-3-7-15/h9-10,15-16H,2,4,6-8H2,1H3. The van der Waals surface area contributed by atoms with Gasteiger partial charge in [-0.15, -0.1) is 11.3 Å². The molecule has 0 atom stereocenters. The minimum atomic E-state index is -0.182. The van der Waals surface area contributed by atoms with Crippen molar-refractivity contribution < 1.29 is 15.0 Å². The second kappa shape index (κ2) is 7.88. The Labute approximate surface area is 111 Å². The molecule has 5 heteroatoms. The van der Waals surface area contributed by atoms with Crippen LogP contribution in [0.5, 0.6) is 0 Å². The molecule has 0 aliphatic heterocycles. The van der Waals surface area contributed by atoms with Gasteiger partial charge < -0.3 is 15.1 Å². The van der Waals surface area contributed by atoms with Crippen LogP contribution in [-0.2, 0) is 0 Å². The molecule has 0 saturated carbocycles. The van der Waals surface area contributed by atoms with Crippen molar-refractivity contribution in [2.45, 2.75) is 13.3 Å². The first kappa shape index (κ1) is 14.7. The van der Waals surface area contributed by atoms with E-state index in [-0.39, 0.29) is 19.1 Å². The maximum Gasteiger partial charge on any atom is 0.254 e. The average Bonchev–Trinajstić information content (AvgIpc) is 2.85. The third kappa shape index (κ3) is 4.15. The van der Waals surface area contributed by atoms with Gasteiger partial charge in [0.15, 0.2) is 0 Å². The van der Waals surface area contributed by atoms with Crippen LogP contribution in [0, 0.1) is 11.8 Å². The smallest absolute Gasteiger partial charge is 0.254 e. The van der Waals surface area contributed by atoms with Crippen molar-refractivity contribution in [3.63, 3.8) is 0 Å². The van der Waals surface area contributed by atoms with Gasteiger partial charge in [0.25, 0.3) is 5.91 Å². The van der Waals surface area contributed by atoms with Gasteiger partial charge in [0.05, 0.1) is 10.4 Å². The van der Waals surface area contributed by atoms with Crippen LogP contribution in [0.2, 0.25) is 0 Å². The molecular weight excluding hydrogens is 250 g/mol. The van der Waals surface area contributed by atoms with E-state index in [0.29, 0.717) is 25.1 Å². The number of rotatable bonds is 5. The molecule has 18 heavy (non-hydrogen) atoms. The number of carbonyl (C=O) groups excluding carboxylic acids is 1. The van der Waals surface area contributed by atoms with Crippen LogP contribution >= 0.6 is 11.3 Å². The Bertz CT molecular complexity index is 445. The summed E-state index contributed by atoms with van der Waals surface area (Å²) in [4.78, 5) is 14.6. The second-order valence-corrected chi connectivity index (χ2v) is 4.53. The van der Waals surface area contributed by atoms with E-state index in [0.717, 1.165) is 4.88 Å². The summed E-state index contributed by atoms with van der Waals surface area (Å²) in [5.74, 6) is 5.29. The van der Waals surface area contributed by atoms with Crippen molar-refractivity contribution in [1.29, 1.82) is 0 Å². The van der Waals surface area contributed by atoms with Gasteiger partial charge in [0.1, 0.15) is 6.61 Å². The zero-order valence-corrected chi connectivity index (χ0v) is 11.2. The highest BCUT2D eigenvalue weighted by Gasteiger charge is 2.14. The molecular formula is C13H17NO3S. The lowest BCUT2D eigenvalue weighted by molar-refractivity contribution is 0.0755. The average molecular weight is 267 g/mol. The normalized spacial score (nSPS) is 9.72. The van der Waals surface area contributed by atoms with Crippen molar-refractivity contribution in [1.82, 2.24) is 4.90 Å². The highest BCUT2D eigenvalue weighted by Crippen LogP contribution is 2.15. The lowest BCUT2D eigenvalue weighted by atomic mass is 10.2. The molecule has 0 spiro atoms. The zero-order chi connectivity index (χ0) is 13.4. The topological polar surface area (TPSA) is 60.8 Å². The van der Waals surface area contributed by atoms with E-state index >= 15 is 0 Å². The summed E-state index contributed by atoms with van der Waals surface area (Å²) in [5.41, 5.74) is 0.613. The van der Waals surface area contributed by atoms with E-state index in [2.05, 4.69) is 11.8 Å². The van der Waals surface area contributed by atoms with Gasteiger partial charge in [-0.3, -0.25) is 4.79 Å². The van der Waals surface area contributed by atoms with Gasteiger partial charge in [-0.05, 0) is 19.4 Å². The number of thiophene rings is 1. The summed E-state index contributed by atoms with van der Waals surface area (Å²) in [7, 11) is 0. The number of carbonyl (C=O) groups is 1. The second-order valence-electron chi connectivity index (χ2n) is 3.62. The molecule has 0 aliphatic carbocycles. The summed E-state index contributed by atoms with van der Waals surface area (Å²) in [5, 5.41) is 19.2. The number of aliphatic hydroxyl groups is 2. The fourth-order valence-electron chi connectivity index (χ4n) is 1.49. The summed E-state index contributed by atoms with van der Waals surface area (Å²) < 4.78 is 0. The van der Waals surface area contributed by atoms with E-state index in [4.69, 9.17) is 10.2 Å². The van der Waals surface area contributed by atoms with Crippen molar-refractivity contribution in [2.24, 2.45) is 0 Å². The predicted octanol–water partition coefficient (Wildman–Crippen LogP) is 0.936. The Hall–Kier alpha value is -1.35. The van der Waals surface area contributed by atoms with Crippen molar-refractivity contribution in [3.05, 3.63) is 21.9 Å². The zero-order valence-electron chi connectivity index (χ0n) is 10.3. The van der Waals surface area contributed by atoms with Gasteiger partial charge >= 0.3 is 0 Å². The van der Waals surface area contributed by atoms with Crippen LogP contribution in [0.15, 0.2) is 11.4 Å². The van der Waals surface area contributed by atoms with Crippen molar-refractivity contribution in [3.8, 4) is 11.8 Å². The Morgan fingerprint density at radius 3 is 2.89 bits per heavy atom. The number of nitrogens with zero attached hydrogens (tertiary/aromatic N) is 1. The summed E-state index contributed by atoms with van der Waals surface area (Å²) in [6.45, 7) is 2.99. The highest BCUT2D eigenvalue weighted by molar-refractivity contribution is 7.10. The lowest BCUT2D eigenvalue weighted by Crippen LogP contribution is -2.31. The molecule has 0 aliphatic rings. The van der Waals surface area contributed by atoms with E-state index in [1.807, 2.05) is 6.92 Å². The third-order valence-corrected chi connectivity index (χ3v) is 3.24. The molecule has 1 rings (SSSR count). The monoisotopic (exact) mass is 267 g/mol. The molecule has 1 heterocycles. The minimum absolute atomic E-state index is 0.0424. The number of amides is 1. The molecule has 0 radical (unpaired) electrons. The van der Waals surface area contributed by atoms with E-state index in [9.17, 15) is 4.79 Å². The summed E-state index contributed by atoms with van der Waals surface area (Å²) >= 11 is 1.39. The van der Waals surface area contributed by atoms with Crippen LogP contribution in [0.1, 0.15) is 28.6 Å². The van der Waals surface area contributed by atoms with E-state index < -0.39 is 0 Å². The van der Waals surface area contributed by atoms with Gasteiger partial charge in [0.2, 0.25) is 0 Å². The van der Waals surface area contributed by atoms with Gasteiger partial charge in [0, 0.05) is 25.1 Å². The lowest BCUT2D eigenvalue weighted by Gasteiger charge is -2.19. The Morgan fingerprint density at radius 2 is 2.28 bits per heavy atom. The molecule has 0 unspecified atom stereocenters. The predicted molar refractivity (Wildman–Crippen MR) is 71.6 cm³/mol. The maximum absolute atomic E-state index is 12.1. The summed E-state index contributed by atoms with van der Waals surface area (Å²) in [6.07, 6.45) is 0.584. The summed E-state index contributed by atoms with van der Waals surface area (Å²) in [6, 6.07) is 1.73. The minimum Gasteiger partial charge on any atom is -0.396 e. The van der Waals surface area contributed by atoms with Gasteiger partial charge in [-0.25, -0.2) is 0 Å². The van der Waals surface area contributed by atoms with Crippen LogP contribution in [0.3, 0.4) is 0 Å². The number of hydrogen-bond donors (Lipinski definition) is 2. The van der Waals surface area contributed by atoms with Crippen LogP contribution < -0.4 is 0 Å². The van der Waals surface area contributed by atoms with Crippen LogP contribution in [0.4, 0.5) is 0 Å². The molecule has 0 saturated heterocycles. The van der Waals surface area contributed by atoms with Crippen molar-refractivity contribution in [2.75, 3.05) is 26.3 Å². The molecule has 98 valence electrons. The third-order valence-electron chi connectivity index (χ3n) is 2.39. The number of hydrogen-bond acceptors (Lipinski definition) is 4. The first-order valence-electron chi connectivity index (χ1n) is 5.81. The Balaban J connectivity index is 2.72. The Kier molecular flexibility index (Phi) is 6.44. The van der Waals surface area contributed by atoms with Crippen molar-refractivity contribution >= 4 is 17.2 Å². The first-order valence-corrected chi connectivity index (χ1v) is 6.69. The van der Waals surface area contributed by atoms with E-state index in [1.54, 1.807) is 16.3 Å². The molecule has 0 aromatic carbocycles. The van der Waals surface area contributed by atoms with Gasteiger partial charge in [-0.1, -0.05) is 11.8 Å². The van der Waals surface area contributed by atoms with Crippen LogP contribution in [-0.4, -0.2) is 47.3 Å². The van der Waals surface area contributed by atoms with Crippen LogP contribution in [0.25, 0.3) is 0 Å².